The van der Waals surface area contributed by atoms with Gasteiger partial charge in [0.05, 0.1) is 1.37 Å². The Morgan fingerprint density at radius 2 is 1.40 bits per heavy atom. The van der Waals surface area contributed by atoms with E-state index in [9.17, 15) is 0 Å². The van der Waals surface area contributed by atoms with Crippen LogP contribution >= 0.6 is 15.9 Å². The summed E-state index contributed by atoms with van der Waals surface area (Å²) < 4.78 is 9.00. The van der Waals surface area contributed by atoms with Gasteiger partial charge in [0, 0.05) is 4.47 Å². The first-order valence-electron chi connectivity index (χ1n) is 5.34. The van der Waals surface area contributed by atoms with Gasteiger partial charge in [0.1, 0.15) is 0 Å². The van der Waals surface area contributed by atoms with Gasteiger partial charge in [-0.1, -0.05) is 64.5 Å². The molecule has 0 saturated carbocycles. The van der Waals surface area contributed by atoms with E-state index in [2.05, 4.69) is 28.1 Å². The molecular formula is C14H9Br. The van der Waals surface area contributed by atoms with Gasteiger partial charge in [-0.3, -0.25) is 0 Å². The standard InChI is InChI=1S/C14H9Br/c15-14-9-10-5-1-2-6-11(10)12-7-3-4-8-13(12)14/h1-9H/i9D. The normalized spacial score (nSPS) is 11.9. The van der Waals surface area contributed by atoms with Gasteiger partial charge in [-0.25, -0.2) is 0 Å². The highest BCUT2D eigenvalue weighted by molar-refractivity contribution is 9.10. The van der Waals surface area contributed by atoms with Crippen molar-refractivity contribution in [3.63, 3.8) is 0 Å². The Bertz CT molecular complexity index is 628. The first kappa shape index (κ1) is 7.89. The lowest BCUT2D eigenvalue weighted by Gasteiger charge is -2.05. The largest absolute Gasteiger partial charge is 0.0641 e. The van der Waals surface area contributed by atoms with Crippen molar-refractivity contribution >= 4 is 37.5 Å². The zero-order valence-corrected chi connectivity index (χ0v) is 9.58. The molecule has 0 aromatic heterocycles. The number of fused-ring (bicyclic) bond motifs is 3. The van der Waals surface area contributed by atoms with Crippen LogP contribution in [0.3, 0.4) is 0 Å². The van der Waals surface area contributed by atoms with Gasteiger partial charge in [-0.05, 0) is 27.6 Å². The molecule has 0 radical (unpaired) electrons. The molecule has 0 fully saturated rings. The van der Waals surface area contributed by atoms with E-state index in [0.29, 0.717) is 6.04 Å². The average molecular weight is 258 g/mol. The summed E-state index contributed by atoms with van der Waals surface area (Å²) in [4.78, 5) is 0. The molecule has 0 atom stereocenters. The van der Waals surface area contributed by atoms with Crippen molar-refractivity contribution in [2.45, 2.75) is 0 Å². The van der Waals surface area contributed by atoms with Crippen LogP contribution in [-0.4, -0.2) is 0 Å². The highest BCUT2D eigenvalue weighted by atomic mass is 79.9. The summed E-state index contributed by atoms with van der Waals surface area (Å²) in [5, 5.41) is 4.44. The summed E-state index contributed by atoms with van der Waals surface area (Å²) in [7, 11) is 0. The highest BCUT2D eigenvalue weighted by Gasteiger charge is 2.02. The molecule has 3 rings (SSSR count). The summed E-state index contributed by atoms with van der Waals surface area (Å²) in [5.74, 6) is 0. The fraction of sp³-hybridized carbons (Fsp3) is 0. The third kappa shape index (κ3) is 1.35. The first-order valence-corrected chi connectivity index (χ1v) is 5.64. The Balaban J connectivity index is 2.69. The number of halogens is 1. The SMILES string of the molecule is [2H]c1c(Br)c2ccccc2c2ccccc12. The molecule has 1 heteroatoms. The minimum atomic E-state index is 0.564. The summed E-state index contributed by atoms with van der Waals surface area (Å²) in [6.07, 6.45) is 0. The number of hydrogen-bond acceptors (Lipinski definition) is 0. The maximum Gasteiger partial charge on any atom is 0.0641 e. The van der Waals surface area contributed by atoms with E-state index in [0.717, 1.165) is 20.6 Å². The van der Waals surface area contributed by atoms with Gasteiger partial charge >= 0.3 is 0 Å². The number of hydrogen-bond donors (Lipinski definition) is 0. The van der Waals surface area contributed by atoms with E-state index in [1.807, 2.05) is 36.4 Å². The second kappa shape index (κ2) is 3.35. The lowest BCUT2D eigenvalue weighted by molar-refractivity contribution is 1.74. The smallest absolute Gasteiger partial charge is 0.0616 e. The quantitative estimate of drug-likeness (QED) is 0.510. The van der Waals surface area contributed by atoms with Crippen LogP contribution in [0.2, 0.25) is 0 Å². The van der Waals surface area contributed by atoms with Gasteiger partial charge in [0.25, 0.3) is 0 Å². The van der Waals surface area contributed by atoms with Crippen LogP contribution in [0.1, 0.15) is 1.37 Å². The monoisotopic (exact) mass is 257 g/mol. The topological polar surface area (TPSA) is 0 Å². The van der Waals surface area contributed by atoms with Crippen molar-refractivity contribution in [2.24, 2.45) is 0 Å². The Morgan fingerprint density at radius 1 is 0.800 bits per heavy atom. The summed E-state index contributed by atoms with van der Waals surface area (Å²) in [5.41, 5.74) is 0. The summed E-state index contributed by atoms with van der Waals surface area (Å²) in [6.45, 7) is 0. The highest BCUT2D eigenvalue weighted by Crippen LogP contribution is 2.31. The van der Waals surface area contributed by atoms with Gasteiger partial charge in [-0.2, -0.15) is 0 Å². The first-order chi connectivity index (χ1) is 7.79. The third-order valence-corrected chi connectivity index (χ3v) is 3.25. The van der Waals surface area contributed by atoms with Gasteiger partial charge < -0.3 is 0 Å². The van der Waals surface area contributed by atoms with Gasteiger partial charge in [0.15, 0.2) is 0 Å². The van der Waals surface area contributed by atoms with Gasteiger partial charge in [-0.15, -0.1) is 0 Å². The molecule has 0 bridgehead atoms. The Kier molecular flexibility index (Phi) is 1.76. The van der Waals surface area contributed by atoms with E-state index in [1.54, 1.807) is 0 Å². The minimum Gasteiger partial charge on any atom is -0.0616 e. The molecule has 0 spiro atoms. The molecule has 0 unspecified atom stereocenters. The van der Waals surface area contributed by atoms with Gasteiger partial charge in [0.2, 0.25) is 0 Å². The molecule has 0 aliphatic rings. The van der Waals surface area contributed by atoms with Crippen LogP contribution in [0.5, 0.6) is 0 Å². The zero-order valence-electron chi connectivity index (χ0n) is 9.00. The van der Waals surface area contributed by atoms with Crippen LogP contribution in [-0.2, 0) is 0 Å². The Labute approximate surface area is 98.1 Å². The number of benzene rings is 3. The van der Waals surface area contributed by atoms with E-state index in [-0.39, 0.29) is 0 Å². The van der Waals surface area contributed by atoms with E-state index in [1.165, 1.54) is 5.39 Å². The second-order valence-electron chi connectivity index (χ2n) is 3.53. The number of rotatable bonds is 0. The van der Waals surface area contributed by atoms with Crippen LogP contribution in [0, 0.1) is 0 Å². The zero-order chi connectivity index (χ0) is 11.1. The maximum atomic E-state index is 8.12. The molecule has 15 heavy (non-hydrogen) atoms. The van der Waals surface area contributed by atoms with Crippen molar-refractivity contribution < 1.29 is 1.37 Å². The van der Waals surface area contributed by atoms with Crippen molar-refractivity contribution in [3.8, 4) is 0 Å². The lowest BCUT2D eigenvalue weighted by Crippen LogP contribution is -1.78. The van der Waals surface area contributed by atoms with E-state index in [4.69, 9.17) is 1.37 Å². The molecule has 3 aromatic rings. The molecule has 0 saturated heterocycles. The fourth-order valence-electron chi connectivity index (χ4n) is 1.92. The van der Waals surface area contributed by atoms with Crippen LogP contribution in [0.4, 0.5) is 0 Å². The summed E-state index contributed by atoms with van der Waals surface area (Å²) >= 11 is 3.51. The van der Waals surface area contributed by atoms with Crippen LogP contribution in [0.15, 0.2) is 59.0 Å². The van der Waals surface area contributed by atoms with Crippen LogP contribution < -0.4 is 0 Å². The molecule has 72 valence electrons. The molecule has 0 aliphatic heterocycles. The van der Waals surface area contributed by atoms with Crippen LogP contribution in [0.25, 0.3) is 21.5 Å². The molecule has 0 amide bonds. The molecule has 3 aromatic carbocycles. The fourth-order valence-corrected chi connectivity index (χ4v) is 2.48. The molecular weight excluding hydrogens is 248 g/mol. The predicted molar refractivity (Wildman–Crippen MR) is 69.2 cm³/mol. The Morgan fingerprint density at radius 3 is 2.20 bits per heavy atom. The van der Waals surface area contributed by atoms with E-state index >= 15 is 0 Å². The molecule has 0 aliphatic carbocycles. The molecule has 0 heterocycles. The molecule has 0 N–H and O–H groups in total. The maximum absolute atomic E-state index is 8.12. The second-order valence-corrected chi connectivity index (χ2v) is 4.32. The van der Waals surface area contributed by atoms with E-state index < -0.39 is 0 Å². The third-order valence-electron chi connectivity index (χ3n) is 2.63. The minimum absolute atomic E-state index is 0.564. The lowest BCUT2D eigenvalue weighted by atomic mass is 10.0. The average Bonchev–Trinajstić information content (AvgIpc) is 2.36. The Hall–Kier alpha value is -1.34. The van der Waals surface area contributed by atoms with Crippen molar-refractivity contribution in [2.75, 3.05) is 0 Å². The summed E-state index contributed by atoms with van der Waals surface area (Å²) in [6, 6.07) is 16.8. The predicted octanol–water partition coefficient (Wildman–Crippen LogP) is 4.76. The van der Waals surface area contributed by atoms with Crippen molar-refractivity contribution in [1.82, 2.24) is 0 Å². The van der Waals surface area contributed by atoms with Crippen molar-refractivity contribution in [1.29, 1.82) is 0 Å². The molecule has 0 nitrogen and oxygen atoms in total. The van der Waals surface area contributed by atoms with Crippen molar-refractivity contribution in [3.05, 3.63) is 59.0 Å².